The van der Waals surface area contributed by atoms with Gasteiger partial charge in [0.1, 0.15) is 0 Å². The maximum atomic E-state index is 10.4. The lowest BCUT2D eigenvalue weighted by molar-refractivity contribution is -0.423. The number of H-pyrrole nitrogens is 1. The largest absolute Gasteiger partial charge is 0.550 e. The van der Waals surface area contributed by atoms with Gasteiger partial charge >= 0.3 is 0 Å². The van der Waals surface area contributed by atoms with Crippen LogP contribution in [0.5, 0.6) is 0 Å². The van der Waals surface area contributed by atoms with Crippen molar-refractivity contribution in [1.29, 1.82) is 0 Å². The third-order valence-corrected chi connectivity index (χ3v) is 2.64. The van der Waals surface area contributed by atoms with Gasteiger partial charge in [-0.1, -0.05) is 18.2 Å². The number of carbonyl (C=O) groups is 1. The Hall–Kier alpha value is -1.81. The zero-order valence-electron chi connectivity index (χ0n) is 8.90. The van der Waals surface area contributed by atoms with Gasteiger partial charge in [-0.2, -0.15) is 0 Å². The number of fused-ring (bicyclic) bond motifs is 1. The number of carboxylic acids is 1. The molecular formula is C12H14N2O2. The lowest BCUT2D eigenvalue weighted by Gasteiger charge is -2.08. The van der Waals surface area contributed by atoms with Gasteiger partial charge in [0.15, 0.2) is 0 Å². The number of aromatic amines is 1. The summed E-state index contributed by atoms with van der Waals surface area (Å²) >= 11 is 0. The normalized spacial score (nSPS) is 12.8. The number of aromatic nitrogens is 1. The molecule has 2 aromatic rings. The molecule has 0 saturated heterocycles. The molecule has 0 bridgehead atoms. The molecule has 0 unspecified atom stereocenters. The SMILES string of the molecule is [NH3+][C@@H](CC(=O)[O-])Cc1c[nH]c2ccccc12. The second-order valence-electron chi connectivity index (χ2n) is 4.01. The third kappa shape index (κ3) is 2.23. The smallest absolute Gasteiger partial charge is 0.0938 e. The van der Waals surface area contributed by atoms with Crippen LogP contribution in [0.4, 0.5) is 0 Å². The molecule has 1 aromatic heterocycles. The molecule has 16 heavy (non-hydrogen) atoms. The zero-order valence-corrected chi connectivity index (χ0v) is 8.90. The summed E-state index contributed by atoms with van der Waals surface area (Å²) in [4.78, 5) is 13.6. The highest BCUT2D eigenvalue weighted by molar-refractivity contribution is 5.83. The quantitative estimate of drug-likeness (QED) is 0.722. The average molecular weight is 218 g/mol. The topological polar surface area (TPSA) is 83.6 Å². The summed E-state index contributed by atoms with van der Waals surface area (Å²) in [6.07, 6.45) is 2.57. The number of aliphatic carboxylic acids is 1. The lowest BCUT2D eigenvalue weighted by Crippen LogP contribution is -2.63. The molecule has 2 rings (SSSR count). The van der Waals surface area contributed by atoms with Crippen LogP contribution >= 0.6 is 0 Å². The van der Waals surface area contributed by atoms with E-state index in [1.54, 1.807) is 0 Å². The van der Waals surface area contributed by atoms with Gasteiger partial charge in [-0.15, -0.1) is 0 Å². The maximum absolute atomic E-state index is 10.4. The molecule has 0 spiro atoms. The predicted octanol–water partition coefficient (Wildman–Crippen LogP) is -0.539. The van der Waals surface area contributed by atoms with Gasteiger partial charge in [0, 0.05) is 35.9 Å². The van der Waals surface area contributed by atoms with Crippen molar-refractivity contribution in [3.05, 3.63) is 36.0 Å². The van der Waals surface area contributed by atoms with Crippen LogP contribution in [0.1, 0.15) is 12.0 Å². The molecule has 0 saturated carbocycles. The summed E-state index contributed by atoms with van der Waals surface area (Å²) in [6, 6.07) is 7.80. The Bertz CT molecular complexity index is 504. The Kier molecular flexibility index (Phi) is 2.92. The summed E-state index contributed by atoms with van der Waals surface area (Å²) in [7, 11) is 0. The molecule has 1 heterocycles. The predicted molar refractivity (Wildman–Crippen MR) is 58.3 cm³/mol. The highest BCUT2D eigenvalue weighted by Gasteiger charge is 2.11. The zero-order chi connectivity index (χ0) is 11.5. The number of benzene rings is 1. The number of rotatable bonds is 4. The third-order valence-electron chi connectivity index (χ3n) is 2.64. The van der Waals surface area contributed by atoms with E-state index < -0.39 is 5.97 Å². The number of para-hydroxylation sites is 1. The van der Waals surface area contributed by atoms with Gasteiger partial charge in [0.25, 0.3) is 0 Å². The monoisotopic (exact) mass is 218 g/mol. The highest BCUT2D eigenvalue weighted by atomic mass is 16.4. The van der Waals surface area contributed by atoms with Crippen molar-refractivity contribution in [2.45, 2.75) is 18.9 Å². The molecule has 1 aromatic carbocycles. The standard InChI is InChI=1S/C12H14N2O2/c13-9(6-12(15)16)5-8-7-14-11-4-2-1-3-10(8)11/h1-4,7,9,14H,5-6,13H2,(H,15,16)/t9-/m1/s1. The van der Waals surface area contributed by atoms with Gasteiger partial charge in [-0.3, -0.25) is 0 Å². The number of carbonyl (C=O) groups excluding carboxylic acids is 1. The van der Waals surface area contributed by atoms with E-state index in [9.17, 15) is 9.90 Å². The molecular weight excluding hydrogens is 204 g/mol. The van der Waals surface area contributed by atoms with Crippen LogP contribution in [-0.4, -0.2) is 17.0 Å². The summed E-state index contributed by atoms with van der Waals surface area (Å²) in [5.41, 5.74) is 6.00. The molecule has 1 atom stereocenters. The molecule has 84 valence electrons. The molecule has 4 N–H and O–H groups in total. The van der Waals surface area contributed by atoms with Crippen LogP contribution in [0.15, 0.2) is 30.5 Å². The number of quaternary nitrogens is 1. The second kappa shape index (κ2) is 4.37. The molecule has 0 radical (unpaired) electrons. The van der Waals surface area contributed by atoms with Crippen LogP contribution in [0.25, 0.3) is 10.9 Å². The van der Waals surface area contributed by atoms with E-state index in [1.807, 2.05) is 30.5 Å². The lowest BCUT2D eigenvalue weighted by atomic mass is 10.0. The van der Waals surface area contributed by atoms with E-state index in [0.717, 1.165) is 16.5 Å². The Morgan fingerprint density at radius 3 is 2.94 bits per heavy atom. The van der Waals surface area contributed by atoms with Crippen molar-refractivity contribution in [2.75, 3.05) is 0 Å². The first-order chi connectivity index (χ1) is 7.66. The minimum Gasteiger partial charge on any atom is -0.550 e. The fraction of sp³-hybridized carbons (Fsp3) is 0.250. The summed E-state index contributed by atoms with van der Waals surface area (Å²) in [6.45, 7) is 0. The highest BCUT2D eigenvalue weighted by Crippen LogP contribution is 2.18. The van der Waals surface area contributed by atoms with E-state index in [1.165, 1.54) is 0 Å². The van der Waals surface area contributed by atoms with Gasteiger partial charge in [0.2, 0.25) is 0 Å². The Labute approximate surface area is 93.1 Å². The van der Waals surface area contributed by atoms with Crippen molar-refractivity contribution in [3.63, 3.8) is 0 Å². The first kappa shape index (κ1) is 10.7. The van der Waals surface area contributed by atoms with Crippen molar-refractivity contribution < 1.29 is 15.6 Å². The summed E-state index contributed by atoms with van der Waals surface area (Å²) in [5.74, 6) is -1.04. The molecule has 0 aliphatic rings. The van der Waals surface area contributed by atoms with Crippen molar-refractivity contribution in [1.82, 2.24) is 4.98 Å². The average Bonchev–Trinajstić information content (AvgIpc) is 2.61. The van der Waals surface area contributed by atoms with Crippen molar-refractivity contribution >= 4 is 16.9 Å². The fourth-order valence-corrected chi connectivity index (χ4v) is 1.92. The van der Waals surface area contributed by atoms with Gasteiger partial charge in [-0.25, -0.2) is 0 Å². The Morgan fingerprint density at radius 2 is 2.19 bits per heavy atom. The van der Waals surface area contributed by atoms with Crippen LogP contribution in [0.3, 0.4) is 0 Å². The molecule has 0 aliphatic carbocycles. The molecule has 4 heteroatoms. The minimum atomic E-state index is -1.04. The van der Waals surface area contributed by atoms with Crippen molar-refractivity contribution in [3.8, 4) is 0 Å². The minimum absolute atomic E-state index is 0.000489. The Balaban J connectivity index is 2.18. The van der Waals surface area contributed by atoms with Crippen LogP contribution in [0, 0.1) is 0 Å². The van der Waals surface area contributed by atoms with Gasteiger partial charge in [-0.05, 0) is 11.6 Å². The number of carboxylic acid groups (broad SMARTS) is 1. The Morgan fingerprint density at radius 1 is 1.44 bits per heavy atom. The van der Waals surface area contributed by atoms with E-state index in [2.05, 4.69) is 10.7 Å². The van der Waals surface area contributed by atoms with E-state index >= 15 is 0 Å². The first-order valence-electron chi connectivity index (χ1n) is 5.24. The summed E-state index contributed by atoms with van der Waals surface area (Å²) in [5, 5.41) is 11.6. The molecule has 4 nitrogen and oxygen atoms in total. The fourth-order valence-electron chi connectivity index (χ4n) is 1.92. The molecule has 0 amide bonds. The summed E-state index contributed by atoms with van der Waals surface area (Å²) < 4.78 is 0. The van der Waals surface area contributed by atoms with Crippen LogP contribution < -0.4 is 10.8 Å². The maximum Gasteiger partial charge on any atom is 0.0938 e. The van der Waals surface area contributed by atoms with Gasteiger partial charge < -0.3 is 20.6 Å². The molecule has 0 aliphatic heterocycles. The number of hydrogen-bond acceptors (Lipinski definition) is 2. The van der Waals surface area contributed by atoms with Crippen LogP contribution in [0.2, 0.25) is 0 Å². The van der Waals surface area contributed by atoms with E-state index in [-0.39, 0.29) is 12.5 Å². The van der Waals surface area contributed by atoms with E-state index in [0.29, 0.717) is 6.42 Å². The van der Waals surface area contributed by atoms with Crippen LogP contribution in [-0.2, 0) is 11.2 Å². The van der Waals surface area contributed by atoms with Gasteiger partial charge in [0.05, 0.1) is 6.04 Å². The number of nitrogens with one attached hydrogen (secondary N) is 1. The number of hydrogen-bond donors (Lipinski definition) is 2. The first-order valence-corrected chi connectivity index (χ1v) is 5.24. The second-order valence-corrected chi connectivity index (χ2v) is 4.01. The molecule has 0 fully saturated rings. The van der Waals surface area contributed by atoms with E-state index in [4.69, 9.17) is 0 Å². The van der Waals surface area contributed by atoms with Crippen molar-refractivity contribution in [2.24, 2.45) is 0 Å².